The Bertz CT molecular complexity index is 773. The van der Waals surface area contributed by atoms with Crippen molar-refractivity contribution >= 4 is 18.1 Å². The summed E-state index contributed by atoms with van der Waals surface area (Å²) >= 11 is 0. The summed E-state index contributed by atoms with van der Waals surface area (Å²) in [5.74, 6) is -0.830. The van der Waals surface area contributed by atoms with E-state index in [0.29, 0.717) is 11.3 Å². The number of halogens is 1. The van der Waals surface area contributed by atoms with E-state index in [4.69, 9.17) is 9.47 Å². The van der Waals surface area contributed by atoms with Gasteiger partial charge in [-0.05, 0) is 48.0 Å². The number of hydrogen-bond acceptors (Lipinski definition) is 5. The summed E-state index contributed by atoms with van der Waals surface area (Å²) in [7, 11) is 1.43. The number of carbonyl (C=O) groups is 2. The van der Waals surface area contributed by atoms with Crippen molar-refractivity contribution in [3.05, 3.63) is 59.4 Å². The lowest BCUT2D eigenvalue weighted by molar-refractivity contribution is -0.118. The van der Waals surface area contributed by atoms with Gasteiger partial charge < -0.3 is 9.47 Å². The number of nitrogens with one attached hydrogen (secondary N) is 1. The van der Waals surface area contributed by atoms with Gasteiger partial charge in [0.1, 0.15) is 5.82 Å². The van der Waals surface area contributed by atoms with Gasteiger partial charge in [0.05, 0.1) is 18.9 Å². The molecule has 6 nitrogen and oxygen atoms in total. The molecule has 0 heterocycles. The molecular formula is C17H15FN2O4. The van der Waals surface area contributed by atoms with E-state index in [-0.39, 0.29) is 17.2 Å². The molecule has 0 spiro atoms. The number of carbonyl (C=O) groups excluding carboxylic acids is 2. The quantitative estimate of drug-likeness (QED) is 0.395. The number of ether oxygens (including phenoxy) is 2. The number of nitrogens with zero attached hydrogens (tertiary/aromatic N) is 1. The van der Waals surface area contributed by atoms with E-state index in [2.05, 4.69) is 10.5 Å². The number of hydrogen-bond donors (Lipinski definition) is 1. The largest absolute Gasteiger partial charge is 0.493 e. The Hall–Kier alpha value is -3.22. The molecule has 1 N–H and O–H groups in total. The number of hydrazone groups is 1. The Morgan fingerprint density at radius 3 is 2.46 bits per heavy atom. The predicted molar refractivity (Wildman–Crippen MR) is 85.8 cm³/mol. The fourth-order valence-electron chi connectivity index (χ4n) is 1.79. The molecule has 0 bridgehead atoms. The van der Waals surface area contributed by atoms with Crippen molar-refractivity contribution in [1.82, 2.24) is 5.43 Å². The number of rotatable bonds is 5. The van der Waals surface area contributed by atoms with Crippen LogP contribution in [-0.4, -0.2) is 25.2 Å². The molecule has 0 unspecified atom stereocenters. The molecule has 2 rings (SSSR count). The molecule has 1 amide bonds. The topological polar surface area (TPSA) is 77.0 Å². The molecule has 24 heavy (non-hydrogen) atoms. The molecule has 0 saturated heterocycles. The molecule has 0 radical (unpaired) electrons. The van der Waals surface area contributed by atoms with Gasteiger partial charge in [0.2, 0.25) is 5.91 Å². The van der Waals surface area contributed by atoms with Gasteiger partial charge >= 0.3 is 5.97 Å². The molecule has 0 saturated carbocycles. The number of esters is 1. The van der Waals surface area contributed by atoms with Crippen LogP contribution in [0.15, 0.2) is 47.6 Å². The van der Waals surface area contributed by atoms with Crippen molar-refractivity contribution in [2.24, 2.45) is 5.10 Å². The second-order valence-corrected chi connectivity index (χ2v) is 4.73. The summed E-state index contributed by atoms with van der Waals surface area (Å²) in [6.45, 7) is 1.34. The van der Waals surface area contributed by atoms with E-state index >= 15 is 0 Å². The van der Waals surface area contributed by atoms with Gasteiger partial charge in [-0.15, -0.1) is 0 Å². The van der Waals surface area contributed by atoms with Gasteiger partial charge in [0.25, 0.3) is 0 Å². The average Bonchev–Trinajstić information content (AvgIpc) is 2.56. The van der Waals surface area contributed by atoms with E-state index in [9.17, 15) is 14.0 Å². The van der Waals surface area contributed by atoms with Gasteiger partial charge in [-0.1, -0.05) is 0 Å². The Morgan fingerprint density at radius 1 is 1.12 bits per heavy atom. The van der Waals surface area contributed by atoms with Crippen molar-refractivity contribution in [3.8, 4) is 11.5 Å². The lowest BCUT2D eigenvalue weighted by Gasteiger charge is -2.10. The smallest absolute Gasteiger partial charge is 0.343 e. The van der Waals surface area contributed by atoms with Crippen LogP contribution in [0.3, 0.4) is 0 Å². The molecule has 2 aromatic carbocycles. The average molecular weight is 330 g/mol. The van der Waals surface area contributed by atoms with Crippen molar-refractivity contribution in [3.63, 3.8) is 0 Å². The van der Waals surface area contributed by atoms with Crippen LogP contribution in [0.1, 0.15) is 22.8 Å². The predicted octanol–water partition coefficient (Wildman–Crippen LogP) is 2.52. The fourth-order valence-corrected chi connectivity index (χ4v) is 1.79. The molecule has 0 aliphatic heterocycles. The highest BCUT2D eigenvalue weighted by molar-refractivity contribution is 5.91. The molecule has 124 valence electrons. The second kappa shape index (κ2) is 7.87. The summed E-state index contributed by atoms with van der Waals surface area (Å²) < 4.78 is 23.3. The summed E-state index contributed by atoms with van der Waals surface area (Å²) in [6, 6.07) is 9.79. The summed E-state index contributed by atoms with van der Waals surface area (Å²) in [6.07, 6.45) is 1.43. The first-order chi connectivity index (χ1) is 11.5. The molecule has 0 fully saturated rings. The normalized spacial score (nSPS) is 10.5. The Kier molecular flexibility index (Phi) is 5.62. The molecule has 0 aliphatic carbocycles. The summed E-state index contributed by atoms with van der Waals surface area (Å²) in [5.41, 5.74) is 3.14. The van der Waals surface area contributed by atoms with Crippen LogP contribution in [-0.2, 0) is 4.79 Å². The molecule has 0 atom stereocenters. The Balaban J connectivity index is 2.15. The first kappa shape index (κ1) is 17.1. The van der Waals surface area contributed by atoms with Crippen LogP contribution >= 0.6 is 0 Å². The Morgan fingerprint density at radius 2 is 1.83 bits per heavy atom. The highest BCUT2D eigenvalue weighted by Gasteiger charge is 2.12. The monoisotopic (exact) mass is 330 g/mol. The van der Waals surface area contributed by atoms with Crippen LogP contribution in [0.25, 0.3) is 0 Å². The zero-order chi connectivity index (χ0) is 17.5. The lowest BCUT2D eigenvalue weighted by atomic mass is 10.2. The fraction of sp³-hybridized carbons (Fsp3) is 0.118. The van der Waals surface area contributed by atoms with E-state index in [1.165, 1.54) is 50.6 Å². The third-order valence-electron chi connectivity index (χ3n) is 2.91. The van der Waals surface area contributed by atoms with E-state index in [1.54, 1.807) is 12.1 Å². The maximum atomic E-state index is 12.9. The number of methoxy groups -OCH3 is 1. The first-order valence-electron chi connectivity index (χ1n) is 6.95. The van der Waals surface area contributed by atoms with Crippen LogP contribution < -0.4 is 14.9 Å². The minimum absolute atomic E-state index is 0.212. The van der Waals surface area contributed by atoms with Gasteiger partial charge in [-0.2, -0.15) is 5.10 Å². The minimum Gasteiger partial charge on any atom is -0.493 e. The van der Waals surface area contributed by atoms with Crippen LogP contribution in [0.5, 0.6) is 11.5 Å². The highest BCUT2D eigenvalue weighted by Crippen LogP contribution is 2.28. The number of benzene rings is 2. The molecule has 7 heteroatoms. The van der Waals surface area contributed by atoms with Crippen LogP contribution in [0.2, 0.25) is 0 Å². The van der Waals surface area contributed by atoms with E-state index < -0.39 is 11.8 Å². The lowest BCUT2D eigenvalue weighted by Crippen LogP contribution is -2.12. The molecular weight excluding hydrogens is 315 g/mol. The van der Waals surface area contributed by atoms with Gasteiger partial charge in [-0.25, -0.2) is 14.6 Å². The van der Waals surface area contributed by atoms with E-state index in [0.717, 1.165) is 0 Å². The summed E-state index contributed by atoms with van der Waals surface area (Å²) in [4.78, 5) is 22.8. The van der Waals surface area contributed by atoms with Crippen molar-refractivity contribution in [1.29, 1.82) is 0 Å². The van der Waals surface area contributed by atoms with Gasteiger partial charge in [-0.3, -0.25) is 4.79 Å². The Labute approximate surface area is 137 Å². The van der Waals surface area contributed by atoms with Gasteiger partial charge in [0.15, 0.2) is 11.5 Å². The van der Waals surface area contributed by atoms with Crippen LogP contribution in [0.4, 0.5) is 4.39 Å². The van der Waals surface area contributed by atoms with E-state index in [1.807, 2.05) is 0 Å². The maximum Gasteiger partial charge on any atom is 0.343 e. The standard InChI is InChI=1S/C17H15FN2O4/c1-11(21)20-19-10-12-3-8-15(16(9-12)23-2)24-17(22)13-4-6-14(18)7-5-13/h3-10H,1-2H3,(H,20,21)/b19-10-. The van der Waals surface area contributed by atoms with Crippen molar-refractivity contribution in [2.45, 2.75) is 6.92 Å². The molecule has 2 aromatic rings. The zero-order valence-corrected chi connectivity index (χ0v) is 13.1. The molecule has 0 aromatic heterocycles. The van der Waals surface area contributed by atoms with Gasteiger partial charge in [0, 0.05) is 6.92 Å². The SMILES string of the molecule is COc1cc(/C=N\NC(C)=O)ccc1OC(=O)c1ccc(F)cc1. The number of amides is 1. The minimum atomic E-state index is -0.632. The third kappa shape index (κ3) is 4.64. The molecule has 0 aliphatic rings. The van der Waals surface area contributed by atoms with Crippen molar-refractivity contribution in [2.75, 3.05) is 7.11 Å². The summed E-state index contributed by atoms with van der Waals surface area (Å²) in [5, 5.41) is 3.74. The third-order valence-corrected chi connectivity index (χ3v) is 2.91. The highest BCUT2D eigenvalue weighted by atomic mass is 19.1. The van der Waals surface area contributed by atoms with Crippen molar-refractivity contribution < 1.29 is 23.5 Å². The first-order valence-corrected chi connectivity index (χ1v) is 6.95. The zero-order valence-electron chi connectivity index (χ0n) is 13.1. The maximum absolute atomic E-state index is 12.9. The van der Waals surface area contributed by atoms with Crippen LogP contribution in [0, 0.1) is 5.82 Å². The second-order valence-electron chi connectivity index (χ2n) is 4.73.